The lowest BCUT2D eigenvalue weighted by Crippen LogP contribution is -2.39. The molecule has 4 heterocycles. The van der Waals surface area contributed by atoms with E-state index in [1.807, 2.05) is 12.1 Å². The Hall–Kier alpha value is -3.58. The first kappa shape index (κ1) is 20.7. The van der Waals surface area contributed by atoms with E-state index in [1.54, 1.807) is 18.5 Å². The van der Waals surface area contributed by atoms with Gasteiger partial charge in [0.1, 0.15) is 23.9 Å². The second-order valence-corrected chi connectivity index (χ2v) is 7.98. The van der Waals surface area contributed by atoms with Gasteiger partial charge in [-0.15, -0.1) is 5.10 Å². The van der Waals surface area contributed by atoms with Crippen molar-refractivity contribution in [1.29, 1.82) is 10.5 Å². The summed E-state index contributed by atoms with van der Waals surface area (Å²) in [6.07, 6.45) is 6.15. The van der Waals surface area contributed by atoms with E-state index in [2.05, 4.69) is 47.5 Å². The second-order valence-electron chi connectivity index (χ2n) is 6.74. The van der Waals surface area contributed by atoms with Gasteiger partial charge in [0.25, 0.3) is 5.56 Å². The highest BCUT2D eigenvalue weighted by atomic mass is 127. The van der Waals surface area contributed by atoms with E-state index in [4.69, 9.17) is 10.00 Å². The Morgan fingerprint density at radius 2 is 1.81 bits per heavy atom. The first-order chi connectivity index (χ1) is 15.1. The molecule has 0 aromatic carbocycles. The number of nitriles is 2. The maximum Gasteiger partial charge on any atom is 0.275 e. The van der Waals surface area contributed by atoms with Gasteiger partial charge in [-0.1, -0.05) is 0 Å². The lowest BCUT2D eigenvalue weighted by atomic mass is 10.1. The number of piperidine rings is 1. The number of aromatic nitrogens is 5. The van der Waals surface area contributed by atoms with Crippen molar-refractivity contribution < 1.29 is 4.74 Å². The summed E-state index contributed by atoms with van der Waals surface area (Å²) in [5.74, 6) is 0.839. The van der Waals surface area contributed by atoms with Crippen LogP contribution in [0.5, 0.6) is 5.75 Å². The second kappa shape index (κ2) is 9.06. The third-order valence-corrected chi connectivity index (χ3v) is 5.29. The molecule has 0 amide bonds. The standard InChI is InChI=1S/C20H15IN8O2/c21-13-10-25-20(26-11-13)28-5-3-16(4-6-28)31-18-7-19(30)29(27-17(18)9-23)15-2-1-14(8-22)24-12-15/h1-2,7,10-12,16H,3-6H2. The summed E-state index contributed by atoms with van der Waals surface area (Å²) in [4.78, 5) is 27.3. The number of hydrogen-bond acceptors (Lipinski definition) is 9. The fourth-order valence-electron chi connectivity index (χ4n) is 3.19. The van der Waals surface area contributed by atoms with Crippen molar-refractivity contribution in [2.24, 2.45) is 0 Å². The molecule has 0 radical (unpaired) electrons. The third-order valence-electron chi connectivity index (χ3n) is 4.73. The van der Waals surface area contributed by atoms with Crippen LogP contribution in [0.2, 0.25) is 0 Å². The molecule has 3 aromatic heterocycles. The molecule has 0 unspecified atom stereocenters. The summed E-state index contributed by atoms with van der Waals surface area (Å²) in [7, 11) is 0. The van der Waals surface area contributed by atoms with Crippen molar-refractivity contribution in [1.82, 2.24) is 24.7 Å². The SMILES string of the molecule is N#Cc1ccc(-n2nc(C#N)c(OC3CCN(c4ncc(I)cn4)CC3)cc2=O)cn1. The molecule has 0 atom stereocenters. The smallest absolute Gasteiger partial charge is 0.275 e. The predicted octanol–water partition coefficient (Wildman–Crippen LogP) is 1.81. The van der Waals surface area contributed by atoms with Crippen molar-refractivity contribution in [2.45, 2.75) is 18.9 Å². The van der Waals surface area contributed by atoms with Crippen LogP contribution in [-0.4, -0.2) is 43.9 Å². The van der Waals surface area contributed by atoms with Crippen LogP contribution in [0.25, 0.3) is 5.69 Å². The summed E-state index contributed by atoms with van der Waals surface area (Å²) < 4.78 is 8.00. The number of hydrogen-bond donors (Lipinski definition) is 0. The Labute approximate surface area is 190 Å². The Bertz CT molecular complexity index is 1220. The van der Waals surface area contributed by atoms with Crippen LogP contribution in [0.1, 0.15) is 24.2 Å². The Kier molecular flexibility index (Phi) is 6.04. The predicted molar refractivity (Wildman–Crippen MR) is 118 cm³/mol. The molecular weight excluding hydrogens is 511 g/mol. The van der Waals surface area contributed by atoms with Crippen molar-refractivity contribution in [3.05, 3.63) is 62.1 Å². The van der Waals surface area contributed by atoms with Crippen LogP contribution in [0.4, 0.5) is 5.95 Å². The number of anilines is 1. The van der Waals surface area contributed by atoms with Crippen LogP contribution >= 0.6 is 22.6 Å². The van der Waals surface area contributed by atoms with E-state index in [9.17, 15) is 10.1 Å². The summed E-state index contributed by atoms with van der Waals surface area (Å²) in [6.45, 7) is 1.41. The largest absolute Gasteiger partial charge is 0.487 e. The molecule has 0 aliphatic carbocycles. The van der Waals surface area contributed by atoms with Gasteiger partial charge in [-0.3, -0.25) is 4.79 Å². The zero-order chi connectivity index (χ0) is 21.8. The molecule has 4 rings (SSSR count). The van der Waals surface area contributed by atoms with Gasteiger partial charge in [-0.25, -0.2) is 15.0 Å². The molecule has 10 nitrogen and oxygen atoms in total. The monoisotopic (exact) mass is 526 g/mol. The van der Waals surface area contributed by atoms with Crippen molar-refractivity contribution in [3.63, 3.8) is 0 Å². The van der Waals surface area contributed by atoms with Crippen molar-refractivity contribution in [3.8, 4) is 23.6 Å². The average Bonchev–Trinajstić information content (AvgIpc) is 2.80. The lowest BCUT2D eigenvalue weighted by molar-refractivity contribution is 0.168. The van der Waals surface area contributed by atoms with Gasteiger partial charge in [0.05, 0.1) is 18.0 Å². The maximum absolute atomic E-state index is 12.6. The normalized spacial score (nSPS) is 14.0. The Morgan fingerprint density at radius 3 is 2.42 bits per heavy atom. The van der Waals surface area contributed by atoms with Crippen LogP contribution in [0.3, 0.4) is 0 Å². The van der Waals surface area contributed by atoms with E-state index in [0.717, 1.165) is 8.25 Å². The summed E-state index contributed by atoms with van der Waals surface area (Å²) in [5.41, 5.74) is 0.134. The number of nitrogens with zero attached hydrogens (tertiary/aromatic N) is 8. The van der Waals surface area contributed by atoms with Gasteiger partial charge in [-0.2, -0.15) is 15.2 Å². The fraction of sp³-hybridized carbons (Fsp3) is 0.250. The molecule has 3 aromatic rings. The highest BCUT2D eigenvalue weighted by molar-refractivity contribution is 14.1. The van der Waals surface area contributed by atoms with Gasteiger partial charge in [0.15, 0.2) is 5.75 Å². The topological polar surface area (TPSA) is 134 Å². The van der Waals surface area contributed by atoms with Crippen LogP contribution in [0, 0.1) is 26.2 Å². The van der Waals surface area contributed by atoms with E-state index in [1.165, 1.54) is 18.3 Å². The van der Waals surface area contributed by atoms with Gasteiger partial charge >= 0.3 is 0 Å². The molecule has 1 aliphatic rings. The molecule has 1 fully saturated rings. The first-order valence-electron chi connectivity index (χ1n) is 9.37. The van der Waals surface area contributed by atoms with Crippen LogP contribution < -0.4 is 15.2 Å². The third kappa shape index (κ3) is 4.62. The molecule has 0 saturated carbocycles. The van der Waals surface area contributed by atoms with E-state index >= 15 is 0 Å². The highest BCUT2D eigenvalue weighted by Crippen LogP contribution is 2.22. The Morgan fingerprint density at radius 1 is 1.06 bits per heavy atom. The minimum atomic E-state index is -0.453. The van der Waals surface area contributed by atoms with Crippen molar-refractivity contribution in [2.75, 3.05) is 18.0 Å². The molecule has 1 aliphatic heterocycles. The van der Waals surface area contributed by atoms with Gasteiger partial charge in [0, 0.05) is 41.9 Å². The molecule has 1 saturated heterocycles. The van der Waals surface area contributed by atoms with E-state index in [-0.39, 0.29) is 23.2 Å². The summed E-state index contributed by atoms with van der Waals surface area (Å²) in [6, 6.07) is 8.18. The van der Waals surface area contributed by atoms with Crippen molar-refractivity contribution >= 4 is 28.5 Å². The molecule has 31 heavy (non-hydrogen) atoms. The summed E-state index contributed by atoms with van der Waals surface area (Å²) in [5, 5.41) is 22.5. The number of rotatable bonds is 4. The molecule has 0 bridgehead atoms. The van der Waals surface area contributed by atoms with Crippen LogP contribution in [-0.2, 0) is 0 Å². The van der Waals surface area contributed by atoms with Crippen LogP contribution in [0.15, 0.2) is 41.6 Å². The van der Waals surface area contributed by atoms with E-state index in [0.29, 0.717) is 37.6 Å². The minimum Gasteiger partial charge on any atom is -0.487 e. The van der Waals surface area contributed by atoms with E-state index < -0.39 is 5.56 Å². The Balaban J connectivity index is 1.48. The molecule has 11 heteroatoms. The molecule has 154 valence electrons. The lowest BCUT2D eigenvalue weighted by Gasteiger charge is -2.32. The van der Waals surface area contributed by atoms with Gasteiger partial charge in [0.2, 0.25) is 11.6 Å². The average molecular weight is 526 g/mol. The summed E-state index contributed by atoms with van der Waals surface area (Å²) >= 11 is 2.16. The highest BCUT2D eigenvalue weighted by Gasteiger charge is 2.24. The molecule has 0 N–H and O–H groups in total. The maximum atomic E-state index is 12.6. The zero-order valence-electron chi connectivity index (χ0n) is 16.1. The molecule has 0 spiro atoms. The number of halogens is 1. The number of ether oxygens (including phenoxy) is 1. The van der Waals surface area contributed by atoms with Gasteiger partial charge < -0.3 is 9.64 Å². The quantitative estimate of drug-likeness (QED) is 0.467. The van der Waals surface area contributed by atoms with Gasteiger partial charge in [-0.05, 0) is 34.7 Å². The molecular formula is C20H15IN8O2. The minimum absolute atomic E-state index is 0.00681. The first-order valence-corrected chi connectivity index (χ1v) is 10.5. The number of pyridine rings is 1. The zero-order valence-corrected chi connectivity index (χ0v) is 18.3. The fourth-order valence-corrected chi connectivity index (χ4v) is 3.47.